The molecule has 30 heavy (non-hydrogen) atoms. The third kappa shape index (κ3) is 3.21. The molecule has 0 atom stereocenters. The van der Waals surface area contributed by atoms with Crippen molar-refractivity contribution in [3.63, 3.8) is 0 Å². The van der Waals surface area contributed by atoms with E-state index in [0.717, 1.165) is 24.0 Å². The normalized spacial score (nSPS) is 18.8. The number of aromatic nitrogens is 6. The summed E-state index contributed by atoms with van der Waals surface area (Å²) < 4.78 is 34.2. The van der Waals surface area contributed by atoms with Crippen molar-refractivity contribution in [1.82, 2.24) is 29.6 Å². The van der Waals surface area contributed by atoms with Crippen LogP contribution in [0.3, 0.4) is 0 Å². The predicted molar refractivity (Wildman–Crippen MR) is 108 cm³/mol. The molecule has 0 aliphatic heterocycles. The highest BCUT2D eigenvalue weighted by molar-refractivity contribution is 5.89. The van der Waals surface area contributed by atoms with Crippen LogP contribution in [0.1, 0.15) is 19.8 Å². The van der Waals surface area contributed by atoms with E-state index in [1.807, 2.05) is 18.3 Å². The molecule has 10 heteroatoms. The van der Waals surface area contributed by atoms with E-state index in [-0.39, 0.29) is 0 Å². The van der Waals surface area contributed by atoms with Crippen LogP contribution in [0.15, 0.2) is 30.5 Å². The Morgan fingerprint density at radius 2 is 2.10 bits per heavy atom. The topological polar surface area (TPSA) is 82.2 Å². The van der Waals surface area contributed by atoms with Gasteiger partial charge in [0.05, 0.1) is 12.6 Å². The van der Waals surface area contributed by atoms with Crippen LogP contribution >= 0.6 is 0 Å². The molecule has 0 radical (unpaired) electrons. The van der Waals surface area contributed by atoms with E-state index in [2.05, 4.69) is 32.6 Å². The first-order chi connectivity index (χ1) is 14.5. The van der Waals surface area contributed by atoms with Crippen LogP contribution in [0.4, 0.5) is 14.7 Å². The number of nitrogens with one attached hydrogen (secondary N) is 1. The number of hydrogen-bond donors (Lipinski definition) is 1. The van der Waals surface area contributed by atoms with Crippen molar-refractivity contribution in [1.29, 1.82) is 0 Å². The number of rotatable bonds is 6. The van der Waals surface area contributed by atoms with Crippen LogP contribution < -0.4 is 10.1 Å². The van der Waals surface area contributed by atoms with E-state index < -0.39 is 13.0 Å². The van der Waals surface area contributed by atoms with E-state index in [4.69, 9.17) is 4.74 Å². The van der Waals surface area contributed by atoms with Gasteiger partial charge >= 0.3 is 0 Å². The second kappa shape index (κ2) is 7.19. The Kier molecular flexibility index (Phi) is 4.48. The van der Waals surface area contributed by atoms with Crippen molar-refractivity contribution >= 4 is 22.5 Å². The Morgan fingerprint density at radius 3 is 2.83 bits per heavy atom. The van der Waals surface area contributed by atoms with Gasteiger partial charge in [0.25, 0.3) is 6.43 Å². The zero-order chi connectivity index (χ0) is 20.8. The van der Waals surface area contributed by atoms with Crippen LogP contribution in [0, 0.1) is 5.92 Å². The molecule has 1 aliphatic carbocycles. The van der Waals surface area contributed by atoms with Crippen molar-refractivity contribution < 1.29 is 13.5 Å². The third-order valence-electron chi connectivity index (χ3n) is 5.52. The fourth-order valence-corrected chi connectivity index (χ4v) is 4.03. The molecule has 4 aromatic rings. The highest BCUT2D eigenvalue weighted by Gasteiger charge is 2.26. The van der Waals surface area contributed by atoms with Crippen molar-refractivity contribution in [3.05, 3.63) is 30.5 Å². The maximum Gasteiger partial charge on any atom is 0.258 e. The van der Waals surface area contributed by atoms with Crippen molar-refractivity contribution in [2.75, 3.05) is 12.4 Å². The van der Waals surface area contributed by atoms with Crippen molar-refractivity contribution in [2.24, 2.45) is 5.92 Å². The van der Waals surface area contributed by atoms with E-state index in [1.54, 1.807) is 23.8 Å². The SMILES string of the molecule is COc1nc(NC2CC(C)C2)nn2ccc(-c3ccc4nnn(CC(F)F)c4c3)c12. The molecular weight excluding hydrogens is 392 g/mol. The molecule has 1 saturated carbocycles. The molecule has 5 rings (SSSR count). The quantitative estimate of drug-likeness (QED) is 0.520. The summed E-state index contributed by atoms with van der Waals surface area (Å²) in [4.78, 5) is 4.54. The van der Waals surface area contributed by atoms with Crippen LogP contribution in [-0.2, 0) is 6.54 Å². The van der Waals surface area contributed by atoms with Gasteiger partial charge in [-0.05, 0) is 42.5 Å². The fraction of sp³-hybridized carbons (Fsp3) is 0.400. The average molecular weight is 413 g/mol. The Hall–Kier alpha value is -3.30. The van der Waals surface area contributed by atoms with Gasteiger partial charge in [-0.1, -0.05) is 18.2 Å². The van der Waals surface area contributed by atoms with E-state index in [9.17, 15) is 8.78 Å². The molecule has 1 aromatic carbocycles. The first-order valence-corrected chi connectivity index (χ1v) is 9.83. The number of hydrogen-bond acceptors (Lipinski definition) is 6. The summed E-state index contributed by atoms with van der Waals surface area (Å²) in [6.45, 7) is 1.72. The van der Waals surface area contributed by atoms with Crippen LogP contribution in [-0.4, -0.2) is 49.2 Å². The highest BCUT2D eigenvalue weighted by Crippen LogP contribution is 2.34. The molecule has 156 valence electrons. The lowest BCUT2D eigenvalue weighted by atomic mass is 9.82. The van der Waals surface area contributed by atoms with Crippen molar-refractivity contribution in [3.8, 4) is 17.0 Å². The maximum absolute atomic E-state index is 12.9. The summed E-state index contributed by atoms with van der Waals surface area (Å²) in [6.07, 6.45) is 1.52. The molecule has 8 nitrogen and oxygen atoms in total. The molecule has 1 N–H and O–H groups in total. The van der Waals surface area contributed by atoms with Gasteiger partial charge in [0, 0.05) is 17.8 Å². The highest BCUT2D eigenvalue weighted by atomic mass is 19.3. The zero-order valence-corrected chi connectivity index (χ0v) is 16.6. The first-order valence-electron chi connectivity index (χ1n) is 9.83. The molecule has 1 fully saturated rings. The number of halogens is 2. The molecule has 0 spiro atoms. The molecular formula is C20H21F2N7O. The molecule has 0 saturated heterocycles. The van der Waals surface area contributed by atoms with E-state index in [1.165, 1.54) is 4.68 Å². The third-order valence-corrected chi connectivity index (χ3v) is 5.52. The van der Waals surface area contributed by atoms with Crippen molar-refractivity contribution in [2.45, 2.75) is 38.8 Å². The monoisotopic (exact) mass is 413 g/mol. The van der Waals surface area contributed by atoms with Gasteiger partial charge in [-0.25, -0.2) is 18.0 Å². The predicted octanol–water partition coefficient (Wildman–Crippen LogP) is 3.63. The summed E-state index contributed by atoms with van der Waals surface area (Å²) in [7, 11) is 1.57. The van der Waals surface area contributed by atoms with Crippen LogP contribution in [0.5, 0.6) is 5.88 Å². The number of ether oxygens (including phenoxy) is 1. The Morgan fingerprint density at radius 1 is 1.27 bits per heavy atom. The van der Waals surface area contributed by atoms with Gasteiger partial charge in [0.1, 0.15) is 17.6 Å². The molecule has 0 unspecified atom stereocenters. The number of nitrogens with zero attached hydrogens (tertiary/aromatic N) is 6. The van der Waals surface area contributed by atoms with Gasteiger partial charge in [-0.2, -0.15) is 4.98 Å². The van der Waals surface area contributed by atoms with Crippen LogP contribution in [0.2, 0.25) is 0 Å². The van der Waals surface area contributed by atoms with Gasteiger partial charge in [-0.15, -0.1) is 10.2 Å². The molecule has 0 amide bonds. The lowest BCUT2D eigenvalue weighted by molar-refractivity contribution is 0.122. The largest absolute Gasteiger partial charge is 0.479 e. The van der Waals surface area contributed by atoms with Gasteiger partial charge < -0.3 is 10.1 Å². The number of benzene rings is 1. The second-order valence-electron chi connectivity index (χ2n) is 7.75. The Bertz CT molecular complexity index is 1210. The number of anilines is 1. The van der Waals surface area contributed by atoms with E-state index in [0.29, 0.717) is 40.3 Å². The maximum atomic E-state index is 12.9. The fourth-order valence-electron chi connectivity index (χ4n) is 4.03. The summed E-state index contributed by atoms with van der Waals surface area (Å²) in [5, 5.41) is 15.7. The minimum absolute atomic E-state index is 0.377. The molecule has 1 aliphatic rings. The summed E-state index contributed by atoms with van der Waals surface area (Å²) in [5.41, 5.74) is 3.47. The zero-order valence-electron chi connectivity index (χ0n) is 16.6. The van der Waals surface area contributed by atoms with E-state index >= 15 is 0 Å². The Balaban J connectivity index is 1.55. The summed E-state index contributed by atoms with van der Waals surface area (Å²) >= 11 is 0. The minimum atomic E-state index is -2.51. The molecule has 0 bridgehead atoms. The van der Waals surface area contributed by atoms with Gasteiger partial charge in [0.2, 0.25) is 11.8 Å². The molecule has 3 heterocycles. The Labute approximate surface area is 170 Å². The van der Waals surface area contributed by atoms with Gasteiger partial charge in [-0.3, -0.25) is 0 Å². The molecule has 3 aromatic heterocycles. The summed E-state index contributed by atoms with van der Waals surface area (Å²) in [6, 6.07) is 7.73. The number of methoxy groups -OCH3 is 1. The van der Waals surface area contributed by atoms with Crippen LogP contribution in [0.25, 0.3) is 27.7 Å². The standard InChI is InChI=1S/C20H21F2N7O/c1-11-7-13(8-11)23-20-24-19(30-2)18-14(5-6-28(18)26-20)12-3-4-15-16(9-12)29(27-25-15)10-17(21)22/h3-6,9,11,13,17H,7-8,10H2,1-2H3,(H,23,26). The number of alkyl halides is 2. The average Bonchev–Trinajstić information content (AvgIpc) is 3.30. The van der Waals surface area contributed by atoms with Gasteiger partial charge in [0.15, 0.2) is 0 Å². The second-order valence-corrected chi connectivity index (χ2v) is 7.75. The summed E-state index contributed by atoms with van der Waals surface area (Å²) in [5.74, 6) is 1.68. The minimum Gasteiger partial charge on any atom is -0.479 e. The lowest BCUT2D eigenvalue weighted by Crippen LogP contribution is -2.34. The lowest BCUT2D eigenvalue weighted by Gasteiger charge is -2.33. The number of fused-ring (bicyclic) bond motifs is 2. The smallest absolute Gasteiger partial charge is 0.258 e. The first kappa shape index (κ1) is 18.7.